The number of rotatable bonds is 11. The van der Waals surface area contributed by atoms with Gasteiger partial charge in [0.15, 0.2) is 11.2 Å². The fourth-order valence-electron chi connectivity index (χ4n) is 6.88. The molecule has 2 aliphatic rings. The second-order valence-electron chi connectivity index (χ2n) is 12.4. The molecule has 2 aliphatic heterocycles. The smallest absolute Gasteiger partial charge is 0.315 e. The molecule has 3 atom stereocenters. The predicted molar refractivity (Wildman–Crippen MR) is 184 cm³/mol. The summed E-state index contributed by atoms with van der Waals surface area (Å²) in [5.41, 5.74) is 4.44. The Morgan fingerprint density at radius 3 is 2.78 bits per heavy atom. The van der Waals surface area contributed by atoms with Gasteiger partial charge in [-0.25, -0.2) is 13.7 Å². The molecule has 0 aliphatic carbocycles. The van der Waals surface area contributed by atoms with Crippen LogP contribution in [-0.4, -0.2) is 64.4 Å². The van der Waals surface area contributed by atoms with Crippen molar-refractivity contribution in [2.45, 2.75) is 62.6 Å². The number of aromatic nitrogens is 6. The Labute approximate surface area is 283 Å². The number of aryl methyl sites for hydroxylation is 2. The fourth-order valence-corrected chi connectivity index (χ4v) is 8.42. The molecule has 3 N–H and O–H groups in total. The van der Waals surface area contributed by atoms with Gasteiger partial charge in [0.05, 0.1) is 17.6 Å². The number of hydrogen-bond acceptors (Lipinski definition) is 8. The summed E-state index contributed by atoms with van der Waals surface area (Å²) in [4.78, 5) is 41.3. The minimum atomic E-state index is -0.393. The number of aromatic amines is 1. The maximum atomic E-state index is 13.9. The normalized spacial score (nSPS) is 18.6. The number of amides is 2. The zero-order valence-corrected chi connectivity index (χ0v) is 27.2. The van der Waals surface area contributed by atoms with Crippen LogP contribution in [0.4, 0.5) is 9.18 Å². The average molecular weight is 681 g/mol. The van der Waals surface area contributed by atoms with Gasteiger partial charge in [0.2, 0.25) is 0 Å². The van der Waals surface area contributed by atoms with Crippen molar-refractivity contribution in [3.05, 3.63) is 94.4 Å². The molecule has 49 heavy (non-hydrogen) atoms. The number of nitrogens with one attached hydrogen (secondary N) is 3. The van der Waals surface area contributed by atoms with Crippen LogP contribution in [0, 0.1) is 5.82 Å². The minimum Gasteiger partial charge on any atom is -0.459 e. The van der Waals surface area contributed by atoms with Crippen LogP contribution in [0.5, 0.6) is 0 Å². The van der Waals surface area contributed by atoms with E-state index in [1.54, 1.807) is 33.5 Å². The molecule has 6 aromatic rings. The number of nitrogens with zero attached hydrogens (tertiary/aromatic N) is 5. The van der Waals surface area contributed by atoms with Gasteiger partial charge in [-0.15, -0.1) is 10.2 Å². The Morgan fingerprint density at radius 1 is 1.04 bits per heavy atom. The number of thioether (sulfide) groups is 1. The zero-order valence-electron chi connectivity index (χ0n) is 26.4. The molecule has 250 valence electrons. The highest BCUT2D eigenvalue weighted by molar-refractivity contribution is 8.00. The maximum absolute atomic E-state index is 13.9. The maximum Gasteiger partial charge on any atom is 0.315 e. The molecule has 6 heterocycles. The van der Waals surface area contributed by atoms with Crippen LogP contribution >= 0.6 is 11.8 Å². The highest BCUT2D eigenvalue weighted by Crippen LogP contribution is 2.33. The third kappa shape index (κ3) is 6.01. The summed E-state index contributed by atoms with van der Waals surface area (Å²) in [6.07, 6.45) is 6.98. The molecule has 4 aromatic heterocycles. The summed E-state index contributed by atoms with van der Waals surface area (Å²) in [7, 11) is 0. The second-order valence-corrected chi connectivity index (χ2v) is 13.7. The molecule has 2 saturated heterocycles. The van der Waals surface area contributed by atoms with Gasteiger partial charge in [0.1, 0.15) is 23.6 Å². The zero-order chi connectivity index (χ0) is 33.5. The van der Waals surface area contributed by atoms with E-state index in [0.29, 0.717) is 52.6 Å². The number of esters is 1. The standard InChI is InChI=1S/C35H33FN8O4S/c36-22-11-9-20(10-12-22)30-25(18-48-29(45)8-4-3-7-28-31-26(19-49-28)38-35(47)39-31)42-44-27-14-16-43(34(46)32(27)40-41-33(30)44)15-13-21-17-37-24-6-2-1-5-23(21)24/h1-2,5-6,9-12,14,16-17,26,28,31,37H,3-4,7-8,13,15,18-19H2,(H2,38,39,47). The number of urea groups is 1. The van der Waals surface area contributed by atoms with Gasteiger partial charge in [0.25, 0.3) is 5.56 Å². The van der Waals surface area contributed by atoms with Gasteiger partial charge >= 0.3 is 12.0 Å². The number of para-hydroxylation sites is 1. The summed E-state index contributed by atoms with van der Waals surface area (Å²) in [6, 6.07) is 15.9. The topological polar surface area (TPSA) is 148 Å². The molecule has 14 heteroatoms. The number of unbranched alkanes of at least 4 members (excludes halogenated alkanes) is 1. The molecule has 0 saturated carbocycles. The van der Waals surface area contributed by atoms with Crippen molar-refractivity contribution in [1.82, 2.24) is 40.0 Å². The van der Waals surface area contributed by atoms with Gasteiger partial charge in [0, 0.05) is 47.3 Å². The SMILES string of the molecule is O=C1NC2CSC(CCCCC(=O)OCc3nn4c(nnc5c(=O)n(CCc6c[nH]c7ccccc67)ccc54)c3-c3ccc(F)cc3)C2N1. The van der Waals surface area contributed by atoms with E-state index in [1.165, 1.54) is 12.1 Å². The first kappa shape index (κ1) is 31.1. The Morgan fingerprint density at radius 2 is 1.90 bits per heavy atom. The van der Waals surface area contributed by atoms with Crippen molar-refractivity contribution in [2.24, 2.45) is 0 Å². The first-order chi connectivity index (χ1) is 23.9. The summed E-state index contributed by atoms with van der Waals surface area (Å²) in [6.45, 7) is 0.323. The summed E-state index contributed by atoms with van der Waals surface area (Å²) in [5, 5.41) is 20.9. The average Bonchev–Trinajstić information content (AvgIpc) is 3.88. The Hall–Kier alpha value is -5.24. The molecule has 2 aromatic carbocycles. The Kier molecular flexibility index (Phi) is 8.23. The first-order valence-electron chi connectivity index (χ1n) is 16.4. The van der Waals surface area contributed by atoms with E-state index in [9.17, 15) is 18.8 Å². The number of ether oxygens (including phenoxy) is 1. The van der Waals surface area contributed by atoms with Crippen LogP contribution in [-0.2, 0) is 29.1 Å². The molecular formula is C35H33FN8O4S. The second kappa shape index (κ2) is 13.0. The highest BCUT2D eigenvalue weighted by atomic mass is 32.2. The molecular weight excluding hydrogens is 648 g/mol. The number of carbonyl (C=O) groups excluding carboxylic acids is 2. The molecule has 2 fully saturated rings. The van der Waals surface area contributed by atoms with Crippen LogP contribution in [0.2, 0.25) is 0 Å². The van der Waals surface area contributed by atoms with Crippen LogP contribution in [0.15, 0.2) is 71.8 Å². The number of pyridine rings is 1. The number of fused-ring (bicyclic) bond motifs is 5. The van der Waals surface area contributed by atoms with E-state index in [2.05, 4.69) is 31.9 Å². The van der Waals surface area contributed by atoms with Crippen LogP contribution in [0.25, 0.3) is 38.7 Å². The van der Waals surface area contributed by atoms with Gasteiger partial charge in [-0.05, 0) is 54.7 Å². The van der Waals surface area contributed by atoms with Gasteiger partial charge in [-0.1, -0.05) is 36.8 Å². The number of H-pyrrole nitrogens is 1. The molecule has 0 bridgehead atoms. The van der Waals surface area contributed by atoms with Crippen molar-refractivity contribution >= 4 is 51.3 Å². The van der Waals surface area contributed by atoms with E-state index in [1.807, 2.05) is 36.2 Å². The van der Waals surface area contributed by atoms with Crippen molar-refractivity contribution in [3.63, 3.8) is 0 Å². The highest BCUT2D eigenvalue weighted by Gasteiger charge is 2.42. The largest absolute Gasteiger partial charge is 0.459 e. The lowest BCUT2D eigenvalue weighted by molar-refractivity contribution is -0.145. The third-order valence-electron chi connectivity index (χ3n) is 9.38. The Bertz CT molecular complexity index is 2270. The van der Waals surface area contributed by atoms with Crippen molar-refractivity contribution in [3.8, 4) is 11.1 Å². The lowest BCUT2D eigenvalue weighted by atomic mass is 10.0. The first-order valence-corrected chi connectivity index (χ1v) is 17.4. The van der Waals surface area contributed by atoms with Gasteiger partial charge in [-0.3, -0.25) is 9.59 Å². The minimum absolute atomic E-state index is 0.107. The molecule has 3 unspecified atom stereocenters. The van der Waals surface area contributed by atoms with Crippen molar-refractivity contribution in [1.29, 1.82) is 0 Å². The lowest BCUT2D eigenvalue weighted by Gasteiger charge is -2.16. The molecule has 8 rings (SSSR count). The van der Waals surface area contributed by atoms with E-state index >= 15 is 0 Å². The van der Waals surface area contributed by atoms with E-state index in [4.69, 9.17) is 9.84 Å². The van der Waals surface area contributed by atoms with E-state index in [-0.39, 0.29) is 48.2 Å². The van der Waals surface area contributed by atoms with Gasteiger partial charge in [-0.2, -0.15) is 16.9 Å². The van der Waals surface area contributed by atoms with Crippen LogP contribution in [0.1, 0.15) is 36.9 Å². The summed E-state index contributed by atoms with van der Waals surface area (Å²) in [5.74, 6) is 0.146. The molecule has 2 amide bonds. The quantitative estimate of drug-likeness (QED) is 0.101. The van der Waals surface area contributed by atoms with E-state index < -0.39 is 5.82 Å². The predicted octanol–water partition coefficient (Wildman–Crippen LogP) is 4.74. The number of hydrogen-bond donors (Lipinski definition) is 3. The van der Waals surface area contributed by atoms with Crippen LogP contribution < -0.4 is 16.2 Å². The number of halogens is 1. The molecule has 0 radical (unpaired) electrons. The number of carbonyl (C=O) groups is 2. The summed E-state index contributed by atoms with van der Waals surface area (Å²) >= 11 is 1.85. The number of benzene rings is 2. The van der Waals surface area contributed by atoms with Crippen LogP contribution in [0.3, 0.4) is 0 Å². The van der Waals surface area contributed by atoms with E-state index in [0.717, 1.165) is 35.1 Å². The summed E-state index contributed by atoms with van der Waals surface area (Å²) < 4.78 is 22.7. The third-order valence-corrected chi connectivity index (χ3v) is 10.9. The monoisotopic (exact) mass is 680 g/mol. The van der Waals surface area contributed by atoms with Gasteiger partial charge < -0.3 is 24.9 Å². The fraction of sp³-hybridized carbons (Fsp3) is 0.314. The lowest BCUT2D eigenvalue weighted by Crippen LogP contribution is -2.36. The molecule has 12 nitrogen and oxygen atoms in total. The van der Waals surface area contributed by atoms with Crippen molar-refractivity contribution < 1.29 is 18.7 Å². The molecule has 0 spiro atoms. The Balaban J connectivity index is 0.996. The van der Waals surface area contributed by atoms with Crippen molar-refractivity contribution in [2.75, 3.05) is 5.75 Å².